The average molecular weight is 219 g/mol. The smallest absolute Gasteiger partial charge is 0.141 e. The maximum absolute atomic E-state index is 12.0. The molecule has 0 saturated heterocycles. The molecule has 0 spiro atoms. The molecule has 1 rings (SSSR count). The van der Waals surface area contributed by atoms with E-state index in [4.69, 9.17) is 5.73 Å². The summed E-state index contributed by atoms with van der Waals surface area (Å²) in [7, 11) is 0. The van der Waals surface area contributed by atoms with Gasteiger partial charge >= 0.3 is 0 Å². The van der Waals surface area contributed by atoms with E-state index in [9.17, 15) is 4.79 Å². The van der Waals surface area contributed by atoms with Gasteiger partial charge < -0.3 is 5.73 Å². The number of aryl methyl sites for hydroxylation is 2. The molecular weight excluding hydrogens is 198 g/mol. The number of carbonyl (C=O) groups excluding carboxylic acids is 1. The van der Waals surface area contributed by atoms with E-state index in [1.54, 1.807) is 0 Å². The van der Waals surface area contributed by atoms with E-state index >= 15 is 0 Å². The molecule has 16 heavy (non-hydrogen) atoms. The minimum atomic E-state index is 0.0138. The van der Waals surface area contributed by atoms with E-state index in [0.717, 1.165) is 12.0 Å². The van der Waals surface area contributed by atoms with Crippen LogP contribution < -0.4 is 5.73 Å². The number of carbonyl (C=O) groups is 1. The van der Waals surface area contributed by atoms with Gasteiger partial charge in [0.25, 0.3) is 0 Å². The van der Waals surface area contributed by atoms with E-state index in [2.05, 4.69) is 18.2 Å². The highest BCUT2D eigenvalue weighted by atomic mass is 16.1. The molecule has 1 aromatic rings. The van der Waals surface area contributed by atoms with Crippen molar-refractivity contribution in [2.45, 2.75) is 33.6 Å². The lowest BCUT2D eigenvalue weighted by molar-refractivity contribution is -0.122. The molecule has 0 bridgehead atoms. The van der Waals surface area contributed by atoms with Crippen LogP contribution >= 0.6 is 0 Å². The van der Waals surface area contributed by atoms with Gasteiger partial charge in [0.2, 0.25) is 0 Å². The second-order valence-corrected chi connectivity index (χ2v) is 4.41. The third-order valence-electron chi connectivity index (χ3n) is 3.10. The van der Waals surface area contributed by atoms with Crippen LogP contribution in [0.25, 0.3) is 0 Å². The Labute approximate surface area is 97.9 Å². The quantitative estimate of drug-likeness (QED) is 0.826. The molecule has 2 N–H and O–H groups in total. The molecule has 0 aromatic heterocycles. The molecule has 0 radical (unpaired) electrons. The Morgan fingerprint density at radius 1 is 1.38 bits per heavy atom. The average Bonchev–Trinajstić information content (AvgIpc) is 2.25. The molecule has 88 valence electrons. The molecule has 0 fully saturated rings. The van der Waals surface area contributed by atoms with Crippen molar-refractivity contribution in [3.63, 3.8) is 0 Å². The number of ketones is 1. The standard InChI is InChI=1S/C14H21NO/c1-4-12(9-15)14(16)8-13-7-10(2)5-6-11(13)3/h5-7,12H,4,8-9,15H2,1-3H3. The zero-order valence-electron chi connectivity index (χ0n) is 10.4. The molecule has 0 amide bonds. The van der Waals surface area contributed by atoms with Gasteiger partial charge in [-0.2, -0.15) is 0 Å². The van der Waals surface area contributed by atoms with Crippen LogP contribution in [-0.2, 0) is 11.2 Å². The summed E-state index contributed by atoms with van der Waals surface area (Å²) in [5.74, 6) is 0.276. The van der Waals surface area contributed by atoms with Crippen molar-refractivity contribution >= 4 is 5.78 Å². The van der Waals surface area contributed by atoms with Crippen LogP contribution in [0.4, 0.5) is 0 Å². The number of hydrogen-bond acceptors (Lipinski definition) is 2. The summed E-state index contributed by atoms with van der Waals surface area (Å²) in [6.07, 6.45) is 1.35. The zero-order chi connectivity index (χ0) is 12.1. The summed E-state index contributed by atoms with van der Waals surface area (Å²) < 4.78 is 0. The Bertz CT molecular complexity index is 367. The number of nitrogens with two attached hydrogens (primary N) is 1. The molecule has 1 atom stereocenters. The Balaban J connectivity index is 2.80. The van der Waals surface area contributed by atoms with Crippen LogP contribution in [0, 0.1) is 19.8 Å². The second kappa shape index (κ2) is 5.80. The first-order chi connectivity index (χ1) is 7.58. The fourth-order valence-corrected chi connectivity index (χ4v) is 1.85. The van der Waals surface area contributed by atoms with Crippen LogP contribution in [0.1, 0.15) is 30.0 Å². The molecule has 1 unspecified atom stereocenters. The highest BCUT2D eigenvalue weighted by molar-refractivity contribution is 5.83. The van der Waals surface area contributed by atoms with Gasteiger partial charge in [-0.1, -0.05) is 30.7 Å². The molecule has 0 saturated carbocycles. The summed E-state index contributed by atoms with van der Waals surface area (Å²) >= 11 is 0. The first-order valence-corrected chi connectivity index (χ1v) is 5.87. The van der Waals surface area contributed by atoms with Crippen LogP contribution in [0.3, 0.4) is 0 Å². The Morgan fingerprint density at radius 2 is 2.06 bits per heavy atom. The van der Waals surface area contributed by atoms with Gasteiger partial charge in [0.05, 0.1) is 0 Å². The fraction of sp³-hybridized carbons (Fsp3) is 0.500. The zero-order valence-corrected chi connectivity index (χ0v) is 10.4. The molecule has 0 aliphatic heterocycles. The topological polar surface area (TPSA) is 43.1 Å². The maximum Gasteiger partial charge on any atom is 0.141 e. The molecular formula is C14H21NO. The van der Waals surface area contributed by atoms with Crippen molar-refractivity contribution < 1.29 is 4.79 Å². The summed E-state index contributed by atoms with van der Waals surface area (Å²) in [6, 6.07) is 6.24. The first kappa shape index (κ1) is 12.9. The third kappa shape index (κ3) is 3.17. The second-order valence-electron chi connectivity index (χ2n) is 4.41. The van der Waals surface area contributed by atoms with Crippen LogP contribution in [-0.4, -0.2) is 12.3 Å². The Kier molecular flexibility index (Phi) is 4.69. The van der Waals surface area contributed by atoms with Gasteiger partial charge in [-0.15, -0.1) is 0 Å². The van der Waals surface area contributed by atoms with E-state index < -0.39 is 0 Å². The molecule has 0 heterocycles. The maximum atomic E-state index is 12.0. The highest BCUT2D eigenvalue weighted by Crippen LogP contribution is 2.14. The van der Waals surface area contributed by atoms with Crippen molar-refractivity contribution in [2.24, 2.45) is 11.7 Å². The summed E-state index contributed by atoms with van der Waals surface area (Å²) in [5, 5.41) is 0. The van der Waals surface area contributed by atoms with Crippen molar-refractivity contribution in [3.05, 3.63) is 34.9 Å². The van der Waals surface area contributed by atoms with E-state index in [1.807, 2.05) is 20.8 Å². The van der Waals surface area contributed by atoms with Crippen LogP contribution in [0.2, 0.25) is 0 Å². The summed E-state index contributed by atoms with van der Waals surface area (Å²) in [4.78, 5) is 12.0. The minimum Gasteiger partial charge on any atom is -0.330 e. The number of hydrogen-bond donors (Lipinski definition) is 1. The van der Waals surface area contributed by atoms with E-state index in [-0.39, 0.29) is 11.7 Å². The third-order valence-corrected chi connectivity index (χ3v) is 3.10. The SMILES string of the molecule is CCC(CN)C(=O)Cc1cc(C)ccc1C. The van der Waals surface area contributed by atoms with Crippen molar-refractivity contribution in [1.29, 1.82) is 0 Å². The molecule has 0 aliphatic carbocycles. The largest absolute Gasteiger partial charge is 0.330 e. The van der Waals surface area contributed by atoms with Gasteiger partial charge in [0, 0.05) is 18.9 Å². The fourth-order valence-electron chi connectivity index (χ4n) is 1.85. The molecule has 0 aliphatic rings. The lowest BCUT2D eigenvalue weighted by Gasteiger charge is -2.12. The Morgan fingerprint density at radius 3 is 2.62 bits per heavy atom. The van der Waals surface area contributed by atoms with Crippen LogP contribution in [0.5, 0.6) is 0 Å². The predicted octanol–water partition coefficient (Wildman–Crippen LogP) is 2.40. The van der Waals surface area contributed by atoms with Gasteiger partial charge in [0.15, 0.2) is 0 Å². The van der Waals surface area contributed by atoms with Gasteiger partial charge in [0.1, 0.15) is 5.78 Å². The Hall–Kier alpha value is -1.15. The van der Waals surface area contributed by atoms with Gasteiger partial charge in [-0.3, -0.25) is 4.79 Å². The van der Waals surface area contributed by atoms with Crippen LogP contribution in [0.15, 0.2) is 18.2 Å². The van der Waals surface area contributed by atoms with E-state index in [1.165, 1.54) is 11.1 Å². The number of Topliss-reactive ketones (excluding diaryl/α,β-unsaturated/α-hetero) is 1. The highest BCUT2D eigenvalue weighted by Gasteiger charge is 2.15. The van der Waals surface area contributed by atoms with Crippen molar-refractivity contribution in [3.8, 4) is 0 Å². The number of benzene rings is 1. The van der Waals surface area contributed by atoms with E-state index in [0.29, 0.717) is 13.0 Å². The number of rotatable bonds is 5. The lowest BCUT2D eigenvalue weighted by Crippen LogP contribution is -2.24. The monoisotopic (exact) mass is 219 g/mol. The molecule has 1 aromatic carbocycles. The molecule has 2 heteroatoms. The van der Waals surface area contributed by atoms with Crippen molar-refractivity contribution in [2.75, 3.05) is 6.54 Å². The van der Waals surface area contributed by atoms with Gasteiger partial charge in [-0.05, 0) is 31.4 Å². The minimum absolute atomic E-state index is 0.0138. The lowest BCUT2D eigenvalue weighted by atomic mass is 9.93. The normalized spacial score (nSPS) is 12.5. The van der Waals surface area contributed by atoms with Crippen molar-refractivity contribution in [1.82, 2.24) is 0 Å². The first-order valence-electron chi connectivity index (χ1n) is 5.87. The summed E-state index contributed by atoms with van der Waals surface area (Å²) in [6.45, 7) is 6.57. The van der Waals surface area contributed by atoms with Gasteiger partial charge in [-0.25, -0.2) is 0 Å². The molecule has 2 nitrogen and oxygen atoms in total. The summed E-state index contributed by atoms with van der Waals surface area (Å²) in [5.41, 5.74) is 9.11. The predicted molar refractivity (Wildman–Crippen MR) is 67.5 cm³/mol.